The van der Waals surface area contributed by atoms with Crippen molar-refractivity contribution < 1.29 is 14.3 Å². The van der Waals surface area contributed by atoms with Crippen LogP contribution in [-0.4, -0.2) is 24.6 Å². The zero-order valence-electron chi connectivity index (χ0n) is 4.59. The van der Waals surface area contributed by atoms with E-state index in [-0.39, 0.29) is 6.54 Å². The van der Waals surface area contributed by atoms with Gasteiger partial charge in [0.1, 0.15) is 0 Å². The van der Waals surface area contributed by atoms with Gasteiger partial charge in [-0.3, -0.25) is 4.79 Å². The van der Waals surface area contributed by atoms with Gasteiger partial charge in [-0.1, -0.05) is 0 Å². The van der Waals surface area contributed by atoms with Gasteiger partial charge in [0.05, 0.1) is 6.54 Å². The van der Waals surface area contributed by atoms with Crippen LogP contribution in [0.1, 0.15) is 0 Å². The molecule has 0 bridgehead atoms. The van der Waals surface area contributed by atoms with E-state index in [1.165, 1.54) is 0 Å². The van der Waals surface area contributed by atoms with Crippen molar-refractivity contribution in [2.45, 2.75) is 6.10 Å². The predicted octanol–water partition coefficient (Wildman–Crippen LogP) is -1.42. The SMILES string of the molecule is NC(=O)[C@@H]1CNC(=O)O1. The first kappa shape index (κ1) is 5.87. The molecule has 1 atom stereocenters. The summed E-state index contributed by atoms with van der Waals surface area (Å²) in [6.07, 6.45) is -1.36. The molecule has 1 rings (SSSR count). The van der Waals surface area contributed by atoms with Crippen molar-refractivity contribution in [3.8, 4) is 0 Å². The first-order valence-corrected chi connectivity index (χ1v) is 2.44. The standard InChI is InChI=1S/C4H6N2O3/c5-3(7)2-1-6-4(8)9-2/h2H,1H2,(H2,5,7)(H,6,8)/t2-/m0/s1. The Balaban J connectivity index is 2.48. The first-order chi connectivity index (χ1) is 4.20. The molecule has 1 aliphatic heterocycles. The Bertz CT molecular complexity index is 156. The summed E-state index contributed by atoms with van der Waals surface area (Å²) in [5.41, 5.74) is 4.80. The number of alkyl carbamates (subject to hydrolysis) is 1. The van der Waals surface area contributed by atoms with E-state index < -0.39 is 18.1 Å². The van der Waals surface area contributed by atoms with Crippen LogP contribution < -0.4 is 11.1 Å². The number of carbonyl (C=O) groups is 2. The molecular weight excluding hydrogens is 124 g/mol. The van der Waals surface area contributed by atoms with Crippen LogP contribution in [0.4, 0.5) is 4.79 Å². The summed E-state index contributed by atoms with van der Waals surface area (Å²) in [5, 5.41) is 2.29. The predicted molar refractivity (Wildman–Crippen MR) is 27.5 cm³/mol. The Hall–Kier alpha value is -1.26. The fourth-order valence-electron chi connectivity index (χ4n) is 0.547. The number of amides is 2. The largest absolute Gasteiger partial charge is 0.434 e. The Morgan fingerprint density at radius 1 is 1.89 bits per heavy atom. The lowest BCUT2D eigenvalue weighted by atomic mass is 10.3. The Kier molecular flexibility index (Phi) is 1.26. The van der Waals surface area contributed by atoms with Crippen molar-refractivity contribution in [3.63, 3.8) is 0 Å². The van der Waals surface area contributed by atoms with Gasteiger partial charge in [0, 0.05) is 0 Å². The van der Waals surface area contributed by atoms with E-state index in [0.29, 0.717) is 0 Å². The average molecular weight is 130 g/mol. The number of carbonyl (C=O) groups excluding carboxylic acids is 2. The minimum atomic E-state index is -0.780. The van der Waals surface area contributed by atoms with Gasteiger partial charge in [-0.2, -0.15) is 0 Å². The summed E-state index contributed by atoms with van der Waals surface area (Å²) >= 11 is 0. The molecule has 1 saturated heterocycles. The van der Waals surface area contributed by atoms with Gasteiger partial charge in [-0.25, -0.2) is 4.79 Å². The highest BCUT2D eigenvalue weighted by molar-refractivity contribution is 5.84. The molecule has 1 fully saturated rings. The maximum atomic E-state index is 10.3. The molecule has 0 aromatic rings. The van der Waals surface area contributed by atoms with E-state index in [1.54, 1.807) is 0 Å². The number of hydrogen-bond acceptors (Lipinski definition) is 3. The minimum Gasteiger partial charge on any atom is -0.434 e. The molecule has 0 spiro atoms. The maximum absolute atomic E-state index is 10.3. The van der Waals surface area contributed by atoms with E-state index in [1.807, 2.05) is 0 Å². The van der Waals surface area contributed by atoms with Crippen LogP contribution in [0, 0.1) is 0 Å². The molecule has 0 aliphatic carbocycles. The van der Waals surface area contributed by atoms with Crippen LogP contribution in [0.5, 0.6) is 0 Å². The van der Waals surface area contributed by atoms with E-state index in [9.17, 15) is 9.59 Å². The molecule has 0 saturated carbocycles. The fourth-order valence-corrected chi connectivity index (χ4v) is 0.547. The lowest BCUT2D eigenvalue weighted by molar-refractivity contribution is -0.124. The van der Waals surface area contributed by atoms with E-state index >= 15 is 0 Å². The summed E-state index contributed by atoms with van der Waals surface area (Å²) in [6.45, 7) is 0.189. The molecule has 50 valence electrons. The first-order valence-electron chi connectivity index (χ1n) is 2.44. The lowest BCUT2D eigenvalue weighted by Gasteiger charge is -1.98. The van der Waals surface area contributed by atoms with Crippen LogP contribution in [-0.2, 0) is 9.53 Å². The number of nitrogens with two attached hydrogens (primary N) is 1. The van der Waals surface area contributed by atoms with Gasteiger partial charge < -0.3 is 15.8 Å². The molecule has 0 aromatic heterocycles. The average Bonchev–Trinajstić information content (AvgIpc) is 2.14. The molecule has 5 nitrogen and oxygen atoms in total. The summed E-state index contributed by atoms with van der Waals surface area (Å²) in [7, 11) is 0. The Morgan fingerprint density at radius 2 is 2.56 bits per heavy atom. The Morgan fingerprint density at radius 3 is 2.78 bits per heavy atom. The molecule has 3 N–H and O–H groups in total. The molecule has 1 aliphatic rings. The number of ether oxygens (including phenoxy) is 1. The molecule has 9 heavy (non-hydrogen) atoms. The van der Waals surface area contributed by atoms with E-state index in [2.05, 4.69) is 10.1 Å². The topological polar surface area (TPSA) is 81.4 Å². The molecule has 0 aromatic carbocycles. The summed E-state index contributed by atoms with van der Waals surface area (Å²) in [5.74, 6) is -0.617. The molecule has 1 heterocycles. The monoisotopic (exact) mass is 130 g/mol. The lowest BCUT2D eigenvalue weighted by Crippen LogP contribution is -2.31. The Labute approximate surface area is 51.2 Å². The second-order valence-electron chi connectivity index (χ2n) is 1.68. The van der Waals surface area contributed by atoms with Crippen molar-refractivity contribution >= 4 is 12.0 Å². The number of hydrogen-bond donors (Lipinski definition) is 2. The zero-order valence-corrected chi connectivity index (χ0v) is 4.59. The highest BCUT2D eigenvalue weighted by atomic mass is 16.6. The normalized spacial score (nSPS) is 24.9. The maximum Gasteiger partial charge on any atom is 0.408 e. The van der Waals surface area contributed by atoms with Crippen LogP contribution in [0.2, 0.25) is 0 Å². The van der Waals surface area contributed by atoms with E-state index in [0.717, 1.165) is 0 Å². The number of cyclic esters (lactones) is 1. The van der Waals surface area contributed by atoms with Gasteiger partial charge >= 0.3 is 6.09 Å². The second kappa shape index (κ2) is 1.93. The van der Waals surface area contributed by atoms with Crippen molar-refractivity contribution in [1.29, 1.82) is 0 Å². The highest BCUT2D eigenvalue weighted by Crippen LogP contribution is 1.97. The minimum absolute atomic E-state index is 0.189. The summed E-state index contributed by atoms with van der Waals surface area (Å²) in [4.78, 5) is 20.5. The van der Waals surface area contributed by atoms with E-state index in [4.69, 9.17) is 5.73 Å². The second-order valence-corrected chi connectivity index (χ2v) is 1.68. The number of rotatable bonds is 1. The van der Waals surface area contributed by atoms with Crippen LogP contribution in [0.3, 0.4) is 0 Å². The smallest absolute Gasteiger partial charge is 0.408 e. The number of primary amides is 1. The van der Waals surface area contributed by atoms with Gasteiger partial charge in [0.25, 0.3) is 5.91 Å². The van der Waals surface area contributed by atoms with Gasteiger partial charge in [-0.15, -0.1) is 0 Å². The van der Waals surface area contributed by atoms with Crippen LogP contribution in [0.15, 0.2) is 0 Å². The van der Waals surface area contributed by atoms with Gasteiger partial charge in [0.15, 0.2) is 6.10 Å². The third-order valence-corrected chi connectivity index (χ3v) is 0.998. The van der Waals surface area contributed by atoms with Crippen molar-refractivity contribution in [3.05, 3.63) is 0 Å². The fraction of sp³-hybridized carbons (Fsp3) is 0.500. The van der Waals surface area contributed by atoms with Gasteiger partial charge in [0.2, 0.25) is 0 Å². The van der Waals surface area contributed by atoms with Crippen LogP contribution >= 0.6 is 0 Å². The quantitative estimate of drug-likeness (QED) is 0.457. The molecular formula is C4H6N2O3. The third kappa shape index (κ3) is 1.10. The molecule has 0 radical (unpaired) electrons. The van der Waals surface area contributed by atoms with Crippen molar-refractivity contribution in [1.82, 2.24) is 5.32 Å². The molecule has 0 unspecified atom stereocenters. The zero-order chi connectivity index (χ0) is 6.85. The summed E-state index contributed by atoms with van der Waals surface area (Å²) in [6, 6.07) is 0. The summed E-state index contributed by atoms with van der Waals surface area (Å²) < 4.78 is 4.40. The van der Waals surface area contributed by atoms with Crippen molar-refractivity contribution in [2.24, 2.45) is 5.73 Å². The number of nitrogens with one attached hydrogen (secondary N) is 1. The highest BCUT2D eigenvalue weighted by Gasteiger charge is 2.26. The molecule has 5 heteroatoms. The van der Waals surface area contributed by atoms with Gasteiger partial charge in [-0.05, 0) is 0 Å². The van der Waals surface area contributed by atoms with Crippen LogP contribution in [0.25, 0.3) is 0 Å². The molecule has 2 amide bonds. The van der Waals surface area contributed by atoms with Crippen molar-refractivity contribution in [2.75, 3.05) is 6.54 Å². The third-order valence-electron chi connectivity index (χ3n) is 0.998.